The second kappa shape index (κ2) is 4.84. The number of anilines is 1. The third-order valence-electron chi connectivity index (χ3n) is 3.92. The molecule has 1 aromatic heterocycles. The summed E-state index contributed by atoms with van der Waals surface area (Å²) in [5.74, 6) is 0. The van der Waals surface area contributed by atoms with E-state index in [0.717, 1.165) is 28.2 Å². The van der Waals surface area contributed by atoms with Crippen molar-refractivity contribution in [3.05, 3.63) is 41.6 Å². The second-order valence-electron chi connectivity index (χ2n) is 5.81. The first-order valence-electron chi connectivity index (χ1n) is 6.90. The number of cyclic esters (lactones) is 1. The van der Waals surface area contributed by atoms with E-state index in [2.05, 4.69) is 5.32 Å². The Balaban J connectivity index is 2.12. The van der Waals surface area contributed by atoms with Crippen LogP contribution in [0.25, 0.3) is 11.3 Å². The van der Waals surface area contributed by atoms with Crippen molar-refractivity contribution < 1.29 is 9.53 Å². The molecular formula is C16H17N3O2S. The Hall–Kier alpha value is -2.34. The topological polar surface area (TPSA) is 69.3 Å². The SMILES string of the molecule is Cn1c(C(N)=S)ccc1-c1ccc2c(c1)C(C)(C)OC(=O)N2. The van der Waals surface area contributed by atoms with Crippen molar-refractivity contribution in [2.75, 3.05) is 5.32 Å². The molecule has 114 valence electrons. The molecule has 22 heavy (non-hydrogen) atoms. The number of ether oxygens (including phenoxy) is 1. The van der Waals surface area contributed by atoms with Crippen molar-refractivity contribution in [3.8, 4) is 11.3 Å². The van der Waals surface area contributed by atoms with Crippen LogP contribution in [0.4, 0.5) is 10.5 Å². The predicted octanol–water partition coefficient (Wildman–Crippen LogP) is 3.12. The van der Waals surface area contributed by atoms with Crippen LogP contribution in [0.15, 0.2) is 30.3 Å². The van der Waals surface area contributed by atoms with Gasteiger partial charge in [-0.05, 0) is 43.7 Å². The molecule has 1 aliphatic rings. The van der Waals surface area contributed by atoms with Gasteiger partial charge < -0.3 is 15.0 Å². The first-order valence-corrected chi connectivity index (χ1v) is 7.31. The van der Waals surface area contributed by atoms with Crippen molar-refractivity contribution in [2.24, 2.45) is 12.8 Å². The minimum absolute atomic E-state index is 0.364. The Morgan fingerprint density at radius 3 is 2.68 bits per heavy atom. The standard InChI is InChI=1S/C16H17N3O2S/c1-16(2)10-8-9(4-5-11(10)18-15(20)21-16)12-6-7-13(14(17)22)19(12)3/h4-8H,1-3H3,(H2,17,22)(H,18,20). The van der Waals surface area contributed by atoms with Crippen LogP contribution in [-0.2, 0) is 17.4 Å². The number of rotatable bonds is 2. The number of benzene rings is 1. The Kier molecular flexibility index (Phi) is 3.21. The molecule has 0 saturated carbocycles. The maximum Gasteiger partial charge on any atom is 0.412 e. The molecule has 3 N–H and O–H groups in total. The summed E-state index contributed by atoms with van der Waals surface area (Å²) in [4.78, 5) is 11.9. The van der Waals surface area contributed by atoms with Crippen LogP contribution in [0.5, 0.6) is 0 Å². The van der Waals surface area contributed by atoms with E-state index in [9.17, 15) is 4.79 Å². The summed E-state index contributed by atoms with van der Waals surface area (Å²) >= 11 is 5.05. The lowest BCUT2D eigenvalue weighted by Crippen LogP contribution is -2.34. The molecule has 0 spiro atoms. The minimum Gasteiger partial charge on any atom is -0.438 e. The fourth-order valence-electron chi connectivity index (χ4n) is 2.78. The van der Waals surface area contributed by atoms with Gasteiger partial charge in [0.2, 0.25) is 0 Å². The van der Waals surface area contributed by atoms with Gasteiger partial charge in [-0.15, -0.1) is 0 Å². The number of aromatic nitrogens is 1. The van der Waals surface area contributed by atoms with Gasteiger partial charge in [-0.2, -0.15) is 0 Å². The fourth-order valence-corrected chi connectivity index (χ4v) is 2.99. The molecule has 1 aromatic carbocycles. The van der Waals surface area contributed by atoms with Gasteiger partial charge >= 0.3 is 6.09 Å². The summed E-state index contributed by atoms with van der Waals surface area (Å²) in [5.41, 5.74) is 9.57. The number of thiocarbonyl (C=S) groups is 1. The van der Waals surface area contributed by atoms with Crippen molar-refractivity contribution in [1.29, 1.82) is 0 Å². The Bertz CT molecular complexity index is 793. The van der Waals surface area contributed by atoms with Crippen molar-refractivity contribution in [3.63, 3.8) is 0 Å². The van der Waals surface area contributed by atoms with Gasteiger partial charge in [0, 0.05) is 18.3 Å². The van der Waals surface area contributed by atoms with E-state index in [-0.39, 0.29) is 0 Å². The fraction of sp³-hybridized carbons (Fsp3) is 0.250. The lowest BCUT2D eigenvalue weighted by molar-refractivity contribution is 0.0421. The van der Waals surface area contributed by atoms with Crippen LogP contribution >= 0.6 is 12.2 Å². The van der Waals surface area contributed by atoms with Gasteiger partial charge in [0.1, 0.15) is 10.6 Å². The lowest BCUT2D eigenvalue weighted by atomic mass is 9.92. The molecule has 1 aliphatic heterocycles. The number of nitrogens with zero attached hydrogens (tertiary/aromatic N) is 1. The summed E-state index contributed by atoms with van der Waals surface area (Å²) in [6.45, 7) is 3.75. The molecule has 0 saturated heterocycles. The highest BCUT2D eigenvalue weighted by atomic mass is 32.1. The maximum atomic E-state index is 11.6. The zero-order valence-electron chi connectivity index (χ0n) is 12.6. The van der Waals surface area contributed by atoms with Gasteiger partial charge in [-0.1, -0.05) is 18.3 Å². The zero-order chi connectivity index (χ0) is 16.1. The van der Waals surface area contributed by atoms with Gasteiger partial charge in [-0.25, -0.2) is 4.79 Å². The van der Waals surface area contributed by atoms with E-state index in [4.69, 9.17) is 22.7 Å². The Labute approximate surface area is 134 Å². The third kappa shape index (κ3) is 2.25. The molecule has 0 fully saturated rings. The van der Waals surface area contributed by atoms with Gasteiger partial charge in [-0.3, -0.25) is 5.32 Å². The summed E-state index contributed by atoms with van der Waals surface area (Å²) in [6.07, 6.45) is -0.431. The smallest absolute Gasteiger partial charge is 0.412 e. The molecule has 0 radical (unpaired) electrons. The highest BCUT2D eigenvalue weighted by molar-refractivity contribution is 7.80. The number of nitrogens with two attached hydrogens (primary N) is 1. The molecule has 2 aromatic rings. The lowest BCUT2D eigenvalue weighted by Gasteiger charge is -2.32. The van der Waals surface area contributed by atoms with Crippen LogP contribution in [0.3, 0.4) is 0 Å². The van der Waals surface area contributed by atoms with Gasteiger partial charge in [0.15, 0.2) is 0 Å². The Morgan fingerprint density at radius 2 is 2.05 bits per heavy atom. The quantitative estimate of drug-likeness (QED) is 0.835. The predicted molar refractivity (Wildman–Crippen MR) is 89.9 cm³/mol. The molecule has 6 heteroatoms. The minimum atomic E-state index is -0.676. The second-order valence-corrected chi connectivity index (χ2v) is 6.25. The first kappa shape index (κ1) is 14.6. The molecule has 0 bridgehead atoms. The van der Waals surface area contributed by atoms with Crippen molar-refractivity contribution in [2.45, 2.75) is 19.4 Å². The average molecular weight is 315 g/mol. The van der Waals surface area contributed by atoms with Crippen LogP contribution < -0.4 is 11.1 Å². The summed E-state index contributed by atoms with van der Waals surface area (Å²) < 4.78 is 7.32. The number of hydrogen-bond acceptors (Lipinski definition) is 3. The van der Waals surface area contributed by atoms with E-state index in [1.807, 2.05) is 55.8 Å². The summed E-state index contributed by atoms with van der Waals surface area (Å²) in [5, 5.41) is 2.72. The zero-order valence-corrected chi connectivity index (χ0v) is 13.5. The van der Waals surface area contributed by atoms with E-state index < -0.39 is 11.7 Å². The molecule has 5 nitrogen and oxygen atoms in total. The van der Waals surface area contributed by atoms with E-state index in [0.29, 0.717) is 4.99 Å². The number of nitrogens with one attached hydrogen (secondary N) is 1. The first-order chi connectivity index (χ1) is 10.3. The molecular weight excluding hydrogens is 298 g/mol. The Morgan fingerprint density at radius 1 is 1.32 bits per heavy atom. The number of amides is 1. The molecule has 1 amide bonds. The van der Waals surface area contributed by atoms with Crippen LogP contribution in [-0.4, -0.2) is 15.6 Å². The van der Waals surface area contributed by atoms with Crippen LogP contribution in [0, 0.1) is 0 Å². The highest BCUT2D eigenvalue weighted by Crippen LogP contribution is 2.38. The van der Waals surface area contributed by atoms with Crippen molar-refractivity contribution >= 4 is 29.0 Å². The van der Waals surface area contributed by atoms with Crippen molar-refractivity contribution in [1.82, 2.24) is 4.57 Å². The normalized spacial score (nSPS) is 15.7. The number of fused-ring (bicyclic) bond motifs is 1. The third-order valence-corrected chi connectivity index (χ3v) is 4.13. The molecule has 0 unspecified atom stereocenters. The maximum absolute atomic E-state index is 11.6. The molecule has 2 heterocycles. The van der Waals surface area contributed by atoms with E-state index in [1.54, 1.807) is 0 Å². The van der Waals surface area contributed by atoms with E-state index >= 15 is 0 Å². The average Bonchev–Trinajstić information content (AvgIpc) is 2.79. The number of carbonyl (C=O) groups is 1. The molecule has 0 aliphatic carbocycles. The monoisotopic (exact) mass is 315 g/mol. The number of carbonyl (C=O) groups excluding carboxylic acids is 1. The number of hydrogen-bond donors (Lipinski definition) is 2. The summed E-state index contributed by atoms with van der Waals surface area (Å²) in [7, 11) is 1.92. The van der Waals surface area contributed by atoms with E-state index in [1.165, 1.54) is 0 Å². The largest absolute Gasteiger partial charge is 0.438 e. The summed E-state index contributed by atoms with van der Waals surface area (Å²) in [6, 6.07) is 9.75. The van der Waals surface area contributed by atoms with Gasteiger partial charge in [0.25, 0.3) is 0 Å². The van der Waals surface area contributed by atoms with Crippen LogP contribution in [0.2, 0.25) is 0 Å². The molecule has 3 rings (SSSR count). The molecule has 0 atom stereocenters. The van der Waals surface area contributed by atoms with Gasteiger partial charge in [0.05, 0.1) is 11.4 Å². The highest BCUT2D eigenvalue weighted by Gasteiger charge is 2.33. The van der Waals surface area contributed by atoms with Crippen LogP contribution in [0.1, 0.15) is 25.1 Å².